The molecule has 17 heavy (non-hydrogen) atoms. The van der Waals surface area contributed by atoms with Crippen molar-refractivity contribution >= 4 is 29.0 Å². The molecule has 92 valence electrons. The van der Waals surface area contributed by atoms with Gasteiger partial charge in [0.2, 0.25) is 0 Å². The van der Waals surface area contributed by atoms with E-state index in [0.29, 0.717) is 4.20 Å². The van der Waals surface area contributed by atoms with Gasteiger partial charge in [-0.2, -0.15) is 0 Å². The van der Waals surface area contributed by atoms with Crippen LogP contribution >= 0.6 is 24.8 Å². The van der Waals surface area contributed by atoms with Gasteiger partial charge >= 0.3 is 0 Å². The van der Waals surface area contributed by atoms with E-state index in [0.717, 1.165) is 17.4 Å². The lowest BCUT2D eigenvalue weighted by molar-refractivity contribution is 0.289. The van der Waals surface area contributed by atoms with Crippen LogP contribution in [0.4, 0.5) is 0 Å². The Balaban J connectivity index is 1.92. The first-order chi connectivity index (χ1) is 8.15. The van der Waals surface area contributed by atoms with Crippen molar-refractivity contribution in [3.8, 4) is 0 Å². The van der Waals surface area contributed by atoms with Crippen LogP contribution in [0.15, 0.2) is 24.3 Å². The van der Waals surface area contributed by atoms with Gasteiger partial charge in [-0.3, -0.25) is 0 Å². The Morgan fingerprint density at radius 1 is 1.18 bits per heavy atom. The molecule has 0 radical (unpaired) electrons. The minimum absolute atomic E-state index is 0.683. The molecule has 1 aliphatic rings. The van der Waals surface area contributed by atoms with E-state index >= 15 is 0 Å². The van der Waals surface area contributed by atoms with Gasteiger partial charge in [-0.15, -0.1) is 12.6 Å². The van der Waals surface area contributed by atoms with Crippen LogP contribution in [-0.4, -0.2) is 4.20 Å². The van der Waals surface area contributed by atoms with Gasteiger partial charge in [-0.05, 0) is 42.2 Å². The van der Waals surface area contributed by atoms with Crippen molar-refractivity contribution in [1.82, 2.24) is 0 Å². The lowest BCUT2D eigenvalue weighted by Gasteiger charge is -2.26. The largest absolute Gasteiger partial charge is 0.131 e. The zero-order valence-corrected chi connectivity index (χ0v) is 12.1. The highest BCUT2D eigenvalue weighted by atomic mass is 32.1. The highest BCUT2D eigenvalue weighted by molar-refractivity contribution is 8.11. The van der Waals surface area contributed by atoms with Gasteiger partial charge in [-0.1, -0.05) is 56.2 Å². The minimum Gasteiger partial charge on any atom is -0.131 e. The normalized spacial score (nSPS) is 24.6. The molecule has 0 spiro atoms. The highest BCUT2D eigenvalue weighted by Gasteiger charge is 2.18. The monoisotopic (exact) mass is 264 g/mol. The predicted octanol–water partition coefficient (Wildman–Crippen LogP) is 4.66. The summed E-state index contributed by atoms with van der Waals surface area (Å²) in [6.07, 6.45) is 6.83. The van der Waals surface area contributed by atoms with Gasteiger partial charge in [0.25, 0.3) is 0 Å². The molecule has 0 nitrogen and oxygen atoms in total. The molecule has 0 saturated heterocycles. The molecule has 0 amide bonds. The molecule has 2 rings (SSSR count). The van der Waals surface area contributed by atoms with Crippen LogP contribution in [0, 0.1) is 11.8 Å². The van der Waals surface area contributed by atoms with Crippen LogP contribution in [-0.2, 0) is 6.42 Å². The zero-order valence-electron chi connectivity index (χ0n) is 10.4. The first-order valence-corrected chi connectivity index (χ1v) is 7.33. The van der Waals surface area contributed by atoms with Gasteiger partial charge in [0.1, 0.15) is 0 Å². The molecule has 0 atom stereocenters. The topological polar surface area (TPSA) is 0 Å². The van der Waals surface area contributed by atoms with Crippen LogP contribution in [0.25, 0.3) is 0 Å². The second kappa shape index (κ2) is 6.01. The smallest absolute Gasteiger partial charge is 0.0747 e. The van der Waals surface area contributed by atoms with Gasteiger partial charge in [0.05, 0.1) is 4.20 Å². The first kappa shape index (κ1) is 13.1. The summed E-state index contributed by atoms with van der Waals surface area (Å²) in [6.45, 7) is 2.37. The van der Waals surface area contributed by atoms with Crippen LogP contribution in [0.1, 0.15) is 43.7 Å². The number of rotatable bonds is 3. The van der Waals surface area contributed by atoms with Gasteiger partial charge in [-0.25, -0.2) is 0 Å². The van der Waals surface area contributed by atoms with Crippen molar-refractivity contribution < 1.29 is 0 Å². The summed E-state index contributed by atoms with van der Waals surface area (Å²) in [5.74, 6) is 1.83. The molecular weight excluding hydrogens is 244 g/mol. The summed E-state index contributed by atoms with van der Waals surface area (Å²) in [6, 6.07) is 8.60. The van der Waals surface area contributed by atoms with Crippen molar-refractivity contribution in [1.29, 1.82) is 0 Å². The van der Waals surface area contributed by atoms with E-state index in [2.05, 4.69) is 43.8 Å². The number of benzene rings is 1. The summed E-state index contributed by atoms with van der Waals surface area (Å²) < 4.78 is 0.683. The summed E-state index contributed by atoms with van der Waals surface area (Å²) in [5.41, 5.74) is 2.50. The maximum Gasteiger partial charge on any atom is 0.0747 e. The van der Waals surface area contributed by atoms with E-state index in [1.807, 2.05) is 0 Å². The van der Waals surface area contributed by atoms with Gasteiger partial charge in [0, 0.05) is 0 Å². The van der Waals surface area contributed by atoms with E-state index in [1.165, 1.54) is 37.7 Å². The van der Waals surface area contributed by atoms with Crippen LogP contribution in [0.2, 0.25) is 0 Å². The molecule has 0 heterocycles. The van der Waals surface area contributed by atoms with E-state index in [-0.39, 0.29) is 0 Å². The Kier molecular flexibility index (Phi) is 4.63. The maximum atomic E-state index is 5.04. The number of thiocarbonyl (C=S) groups is 1. The van der Waals surface area contributed by atoms with Gasteiger partial charge in [0.15, 0.2) is 0 Å². The first-order valence-electron chi connectivity index (χ1n) is 6.47. The molecular formula is C15H20S2. The number of thiol groups is 1. The Morgan fingerprint density at radius 2 is 1.76 bits per heavy atom. The van der Waals surface area contributed by atoms with Crippen LogP contribution in [0.3, 0.4) is 0 Å². The fraction of sp³-hybridized carbons (Fsp3) is 0.533. The average molecular weight is 264 g/mol. The average Bonchev–Trinajstić information content (AvgIpc) is 2.33. The third-order valence-corrected chi connectivity index (χ3v) is 4.35. The summed E-state index contributed by atoms with van der Waals surface area (Å²) in [7, 11) is 0. The maximum absolute atomic E-state index is 5.04. The van der Waals surface area contributed by atoms with Crippen LogP contribution < -0.4 is 0 Å². The molecule has 1 aromatic rings. The molecule has 1 saturated carbocycles. The van der Waals surface area contributed by atoms with Crippen molar-refractivity contribution in [2.75, 3.05) is 0 Å². The number of hydrogen-bond donors (Lipinski definition) is 1. The molecule has 1 aromatic carbocycles. The molecule has 2 heteroatoms. The quantitative estimate of drug-likeness (QED) is 0.612. The lowest BCUT2D eigenvalue weighted by Crippen LogP contribution is -2.14. The fourth-order valence-corrected chi connectivity index (χ4v) is 2.94. The van der Waals surface area contributed by atoms with Crippen LogP contribution in [0.5, 0.6) is 0 Å². The molecule has 0 N–H and O–H groups in total. The van der Waals surface area contributed by atoms with E-state index < -0.39 is 0 Å². The molecule has 0 unspecified atom stereocenters. The third-order valence-electron chi connectivity index (χ3n) is 3.86. The Bertz CT molecular complexity index is 372. The van der Waals surface area contributed by atoms with Crippen molar-refractivity contribution in [2.24, 2.45) is 11.8 Å². The van der Waals surface area contributed by atoms with Crippen molar-refractivity contribution in [2.45, 2.75) is 39.0 Å². The SMILES string of the molecule is CC1CCC(Cc2ccc(C(=S)S)cc2)CC1. The minimum atomic E-state index is 0.683. The summed E-state index contributed by atoms with van der Waals surface area (Å²) >= 11 is 9.24. The third kappa shape index (κ3) is 3.82. The highest BCUT2D eigenvalue weighted by Crippen LogP contribution is 2.30. The van der Waals surface area contributed by atoms with Crippen molar-refractivity contribution in [3.63, 3.8) is 0 Å². The molecule has 0 aromatic heterocycles. The lowest BCUT2D eigenvalue weighted by atomic mass is 9.80. The van der Waals surface area contributed by atoms with E-state index in [1.54, 1.807) is 0 Å². The second-order valence-electron chi connectivity index (χ2n) is 5.33. The zero-order chi connectivity index (χ0) is 12.3. The van der Waals surface area contributed by atoms with E-state index in [9.17, 15) is 0 Å². The predicted molar refractivity (Wildman–Crippen MR) is 82.0 cm³/mol. The Labute approximate surface area is 115 Å². The second-order valence-corrected chi connectivity index (χ2v) is 6.49. The fourth-order valence-electron chi connectivity index (χ4n) is 2.65. The van der Waals surface area contributed by atoms with Gasteiger partial charge < -0.3 is 0 Å². The summed E-state index contributed by atoms with van der Waals surface area (Å²) in [5, 5.41) is 0. The summed E-state index contributed by atoms with van der Waals surface area (Å²) in [4.78, 5) is 0. The Morgan fingerprint density at radius 3 is 2.29 bits per heavy atom. The van der Waals surface area contributed by atoms with E-state index in [4.69, 9.17) is 12.2 Å². The Hall–Kier alpha value is -0.340. The standard InChI is InChI=1S/C15H20S2/c1-11-2-4-12(5-3-11)10-13-6-8-14(9-7-13)15(16)17/h6-9,11-12H,2-5,10H2,1H3,(H,16,17). The molecule has 1 aliphatic carbocycles. The number of hydrogen-bond acceptors (Lipinski definition) is 1. The molecule has 0 aliphatic heterocycles. The molecule has 0 bridgehead atoms. The van der Waals surface area contributed by atoms with Crippen molar-refractivity contribution in [3.05, 3.63) is 35.4 Å². The molecule has 1 fully saturated rings.